The van der Waals surface area contributed by atoms with Gasteiger partial charge in [0.25, 0.3) is 0 Å². The van der Waals surface area contributed by atoms with Gasteiger partial charge in [0.1, 0.15) is 29.6 Å². The summed E-state index contributed by atoms with van der Waals surface area (Å²) < 4.78 is 65.5. The Morgan fingerprint density at radius 1 is 1.00 bits per heavy atom. The van der Waals surface area contributed by atoms with Crippen LogP contribution >= 0.6 is 0 Å². The first kappa shape index (κ1) is 28.3. The molecule has 5 aromatic rings. The number of benzene rings is 3. The van der Waals surface area contributed by atoms with E-state index in [-0.39, 0.29) is 53.4 Å². The number of halogens is 4. The van der Waals surface area contributed by atoms with Gasteiger partial charge < -0.3 is 14.4 Å². The predicted octanol–water partition coefficient (Wildman–Crippen LogP) is 6.84. The van der Waals surface area contributed by atoms with Gasteiger partial charge in [-0.1, -0.05) is 18.2 Å². The summed E-state index contributed by atoms with van der Waals surface area (Å²) in [5, 5.41) is 9.43. The lowest BCUT2D eigenvalue weighted by Crippen LogP contribution is -2.16. The van der Waals surface area contributed by atoms with Gasteiger partial charge in [0, 0.05) is 35.7 Å². The zero-order valence-corrected chi connectivity index (χ0v) is 23.1. The number of nitrogens with zero attached hydrogens (tertiary/aromatic N) is 4. The monoisotopic (exact) mass is 590 g/mol. The average Bonchev–Trinajstić information content (AvgIpc) is 3.68. The molecule has 0 unspecified atom stereocenters. The lowest BCUT2D eigenvalue weighted by Gasteiger charge is -2.16. The van der Waals surface area contributed by atoms with Crippen molar-refractivity contribution in [1.82, 2.24) is 19.5 Å². The van der Waals surface area contributed by atoms with Gasteiger partial charge in [0.15, 0.2) is 5.82 Å². The van der Waals surface area contributed by atoms with E-state index in [0.29, 0.717) is 29.8 Å². The highest BCUT2D eigenvalue weighted by molar-refractivity contribution is 5.92. The average molecular weight is 591 g/mol. The molecule has 1 aliphatic rings. The second-order valence-corrected chi connectivity index (χ2v) is 11.0. The van der Waals surface area contributed by atoms with E-state index in [2.05, 4.69) is 15.0 Å². The van der Waals surface area contributed by atoms with Crippen LogP contribution in [-0.2, 0) is 19.6 Å². The molecule has 0 atom stereocenters. The molecule has 2 aromatic heterocycles. The fourth-order valence-corrected chi connectivity index (χ4v) is 5.04. The molecule has 0 aliphatic heterocycles. The summed E-state index contributed by atoms with van der Waals surface area (Å²) in [5.41, 5.74) is 1.45. The Hall–Kier alpha value is -4.80. The summed E-state index contributed by atoms with van der Waals surface area (Å²) in [4.78, 5) is 24.3. The Bertz CT molecular complexity index is 1870. The number of rotatable bonds is 10. The van der Waals surface area contributed by atoms with Crippen LogP contribution in [0.4, 0.5) is 17.6 Å². The molecule has 7 nitrogen and oxygen atoms in total. The van der Waals surface area contributed by atoms with Crippen LogP contribution in [0.5, 0.6) is 6.01 Å². The third-order valence-corrected chi connectivity index (χ3v) is 7.74. The minimum Gasteiger partial charge on any atom is -0.478 e. The number of alkyl halides is 1. The van der Waals surface area contributed by atoms with E-state index >= 15 is 4.39 Å². The number of imidazole rings is 1. The molecule has 0 spiro atoms. The summed E-state index contributed by atoms with van der Waals surface area (Å²) in [7, 11) is 0. The van der Waals surface area contributed by atoms with Gasteiger partial charge in [-0.2, -0.15) is 4.98 Å². The SMILES string of the molecule is Cc1ccc(COc2nccc(-c3ccc(Cc4nc5c(F)cc(C(=O)O)cc5n4CC4(CF)CC4)cc3F)n2)c(F)c1. The predicted molar refractivity (Wildman–Crippen MR) is 150 cm³/mol. The number of ether oxygens (including phenoxy) is 1. The molecular formula is C32H26F4N4O3. The Labute approximate surface area is 243 Å². The van der Waals surface area contributed by atoms with Crippen molar-refractivity contribution < 1.29 is 32.2 Å². The number of carboxylic acid groups (broad SMARTS) is 1. The van der Waals surface area contributed by atoms with Crippen LogP contribution in [0, 0.1) is 29.8 Å². The number of fused-ring (bicyclic) bond motifs is 1. The Balaban J connectivity index is 1.27. The molecule has 220 valence electrons. The van der Waals surface area contributed by atoms with Gasteiger partial charge in [-0.15, -0.1) is 0 Å². The first-order chi connectivity index (χ1) is 20.6. The second kappa shape index (κ2) is 11.1. The number of aryl methyl sites for hydroxylation is 1. The van der Waals surface area contributed by atoms with E-state index in [1.54, 1.807) is 29.7 Å². The molecule has 2 heterocycles. The first-order valence-electron chi connectivity index (χ1n) is 13.6. The Kier molecular flexibility index (Phi) is 7.33. The maximum atomic E-state index is 15.4. The number of hydrogen-bond donors (Lipinski definition) is 1. The molecular weight excluding hydrogens is 564 g/mol. The molecule has 6 rings (SSSR count). The highest BCUT2D eigenvalue weighted by Crippen LogP contribution is 2.48. The first-order valence-corrected chi connectivity index (χ1v) is 13.6. The van der Waals surface area contributed by atoms with Crippen molar-refractivity contribution in [3.05, 3.63) is 106 Å². The fourth-order valence-electron chi connectivity index (χ4n) is 5.04. The van der Waals surface area contributed by atoms with Crippen molar-refractivity contribution >= 4 is 17.0 Å². The fraction of sp³-hybridized carbons (Fsp3) is 0.250. The highest BCUT2D eigenvalue weighted by Gasteiger charge is 2.44. The number of aromatic nitrogens is 4. The van der Waals surface area contributed by atoms with E-state index in [0.717, 1.165) is 11.6 Å². The number of hydrogen-bond acceptors (Lipinski definition) is 5. The Morgan fingerprint density at radius 3 is 2.51 bits per heavy atom. The van der Waals surface area contributed by atoms with Crippen molar-refractivity contribution in [2.75, 3.05) is 6.67 Å². The number of carbonyl (C=O) groups is 1. The van der Waals surface area contributed by atoms with Gasteiger partial charge >= 0.3 is 12.0 Å². The lowest BCUT2D eigenvalue weighted by molar-refractivity contribution is 0.0696. The van der Waals surface area contributed by atoms with Crippen LogP contribution in [-0.4, -0.2) is 37.3 Å². The molecule has 11 heteroatoms. The normalized spacial score (nSPS) is 13.8. The summed E-state index contributed by atoms with van der Waals surface area (Å²) in [6, 6.07) is 13.0. The number of carboxylic acids is 1. The Morgan fingerprint density at radius 2 is 1.81 bits per heavy atom. The van der Waals surface area contributed by atoms with Gasteiger partial charge in [0.2, 0.25) is 0 Å². The number of aromatic carboxylic acids is 1. The summed E-state index contributed by atoms with van der Waals surface area (Å²) in [6.45, 7) is 1.31. The smallest absolute Gasteiger partial charge is 0.335 e. The zero-order valence-electron chi connectivity index (χ0n) is 23.1. The summed E-state index contributed by atoms with van der Waals surface area (Å²) in [5.74, 6) is -2.72. The van der Waals surface area contributed by atoms with Gasteiger partial charge in [0.05, 0.1) is 23.4 Å². The molecule has 1 N–H and O–H groups in total. The van der Waals surface area contributed by atoms with Crippen LogP contribution in [0.1, 0.15) is 45.7 Å². The zero-order chi connectivity index (χ0) is 30.3. The molecule has 1 fully saturated rings. The summed E-state index contributed by atoms with van der Waals surface area (Å²) in [6.07, 6.45) is 2.81. The quantitative estimate of drug-likeness (QED) is 0.179. The maximum Gasteiger partial charge on any atom is 0.335 e. The van der Waals surface area contributed by atoms with Crippen molar-refractivity contribution in [2.45, 2.75) is 39.3 Å². The molecule has 0 bridgehead atoms. The third kappa shape index (κ3) is 5.79. The molecule has 1 saturated carbocycles. The van der Waals surface area contributed by atoms with Crippen molar-refractivity contribution in [2.24, 2.45) is 5.41 Å². The highest BCUT2D eigenvalue weighted by atomic mass is 19.1. The third-order valence-electron chi connectivity index (χ3n) is 7.74. The van der Waals surface area contributed by atoms with Gasteiger partial charge in [-0.05, 0) is 67.3 Å². The van der Waals surface area contributed by atoms with Crippen LogP contribution < -0.4 is 4.74 Å². The van der Waals surface area contributed by atoms with E-state index in [1.165, 1.54) is 36.5 Å². The minimum absolute atomic E-state index is 0.0224. The molecule has 43 heavy (non-hydrogen) atoms. The molecule has 0 amide bonds. The van der Waals surface area contributed by atoms with E-state index < -0.39 is 35.5 Å². The van der Waals surface area contributed by atoms with Crippen LogP contribution in [0.15, 0.2) is 60.8 Å². The second-order valence-electron chi connectivity index (χ2n) is 11.0. The van der Waals surface area contributed by atoms with Crippen LogP contribution in [0.2, 0.25) is 0 Å². The van der Waals surface area contributed by atoms with E-state index in [1.807, 2.05) is 0 Å². The van der Waals surface area contributed by atoms with Crippen molar-refractivity contribution in [3.63, 3.8) is 0 Å². The summed E-state index contributed by atoms with van der Waals surface area (Å²) >= 11 is 0. The van der Waals surface area contributed by atoms with E-state index in [4.69, 9.17) is 4.74 Å². The van der Waals surface area contributed by atoms with Crippen molar-refractivity contribution in [1.29, 1.82) is 0 Å². The molecule has 1 aliphatic carbocycles. The van der Waals surface area contributed by atoms with E-state index in [9.17, 15) is 23.1 Å². The molecule has 0 radical (unpaired) electrons. The van der Waals surface area contributed by atoms with Crippen LogP contribution in [0.3, 0.4) is 0 Å². The van der Waals surface area contributed by atoms with Gasteiger partial charge in [-0.25, -0.2) is 27.9 Å². The lowest BCUT2D eigenvalue weighted by atomic mass is 10.1. The van der Waals surface area contributed by atoms with Gasteiger partial charge in [-0.3, -0.25) is 4.39 Å². The minimum atomic E-state index is -1.29. The van der Waals surface area contributed by atoms with Crippen LogP contribution in [0.25, 0.3) is 22.3 Å². The van der Waals surface area contributed by atoms with Crippen molar-refractivity contribution in [3.8, 4) is 17.3 Å². The molecule has 3 aromatic carbocycles. The standard InChI is InChI=1S/C32H26F4N4O3/c1-18-2-4-20(23(34)10-18)15-43-31-37-9-6-26(38-31)22-5-3-19(11-24(22)35)12-28-39-29-25(36)13-21(30(41)42)14-27(29)40(28)17-32(16-33)7-8-32/h2-6,9-11,13-14H,7-8,12,15-17H2,1H3,(H,41,42). The maximum absolute atomic E-state index is 15.4. The topological polar surface area (TPSA) is 90.1 Å². The molecule has 0 saturated heterocycles. The largest absolute Gasteiger partial charge is 0.478 e.